The Hall–Kier alpha value is -2.35. The summed E-state index contributed by atoms with van der Waals surface area (Å²) in [6.45, 7) is 2.12. The Labute approximate surface area is 131 Å². The third-order valence-corrected chi connectivity index (χ3v) is 4.28. The van der Waals surface area contributed by atoms with E-state index in [4.69, 9.17) is 0 Å². The molecule has 2 aromatic rings. The molecule has 2 aromatic carbocycles. The minimum atomic E-state index is -0.833. The van der Waals surface area contributed by atoms with E-state index in [0.717, 1.165) is 36.8 Å². The molecule has 0 fully saturated rings. The van der Waals surface area contributed by atoms with E-state index in [1.807, 2.05) is 30.3 Å². The summed E-state index contributed by atoms with van der Waals surface area (Å²) in [5, 5.41) is 9.61. The van der Waals surface area contributed by atoms with Crippen LogP contribution in [-0.2, 0) is 11.2 Å². The Morgan fingerprint density at radius 2 is 1.91 bits per heavy atom. The fourth-order valence-electron chi connectivity index (χ4n) is 3.17. The zero-order chi connectivity index (χ0) is 15.5. The summed E-state index contributed by atoms with van der Waals surface area (Å²) in [5.74, 6) is -0.833. The molecule has 0 radical (unpaired) electrons. The highest BCUT2D eigenvalue weighted by Crippen LogP contribution is 2.40. The molecule has 0 atom stereocenters. The lowest BCUT2D eigenvalue weighted by Crippen LogP contribution is -2.03. The van der Waals surface area contributed by atoms with Crippen LogP contribution in [0.4, 0.5) is 0 Å². The number of hydrogen-bond donors (Lipinski definition) is 1. The second-order valence-electron chi connectivity index (χ2n) is 5.73. The van der Waals surface area contributed by atoms with Crippen LogP contribution in [-0.4, -0.2) is 11.1 Å². The van der Waals surface area contributed by atoms with Crippen molar-refractivity contribution in [1.82, 2.24) is 0 Å². The molecule has 0 aromatic heterocycles. The van der Waals surface area contributed by atoms with E-state index >= 15 is 0 Å². The minimum Gasteiger partial charge on any atom is -0.478 e. The summed E-state index contributed by atoms with van der Waals surface area (Å²) in [6, 6.07) is 14.3. The van der Waals surface area contributed by atoms with Crippen molar-refractivity contribution < 1.29 is 9.90 Å². The van der Waals surface area contributed by atoms with Crippen molar-refractivity contribution in [3.05, 3.63) is 65.2 Å². The molecule has 112 valence electrons. The lowest BCUT2D eigenvalue weighted by molar-refractivity contribution is -0.130. The van der Waals surface area contributed by atoms with E-state index in [0.29, 0.717) is 5.57 Å². The molecule has 0 saturated heterocycles. The Morgan fingerprint density at radius 1 is 1.14 bits per heavy atom. The van der Waals surface area contributed by atoms with Crippen LogP contribution < -0.4 is 0 Å². The highest BCUT2D eigenvalue weighted by atomic mass is 16.4. The van der Waals surface area contributed by atoms with E-state index < -0.39 is 5.97 Å². The van der Waals surface area contributed by atoms with Crippen LogP contribution in [0, 0.1) is 0 Å². The van der Waals surface area contributed by atoms with Gasteiger partial charge in [0.2, 0.25) is 0 Å². The Morgan fingerprint density at radius 3 is 2.68 bits per heavy atom. The highest BCUT2D eigenvalue weighted by Gasteiger charge is 2.23. The maximum absolute atomic E-state index is 11.7. The monoisotopic (exact) mass is 292 g/mol. The molecule has 3 rings (SSSR count). The molecule has 22 heavy (non-hydrogen) atoms. The molecule has 0 unspecified atom stereocenters. The van der Waals surface area contributed by atoms with Gasteiger partial charge in [-0.05, 0) is 40.7 Å². The van der Waals surface area contributed by atoms with E-state index in [2.05, 4.69) is 25.1 Å². The first kappa shape index (κ1) is 14.6. The molecule has 1 aliphatic carbocycles. The maximum atomic E-state index is 11.7. The molecule has 0 saturated carbocycles. The molecule has 2 nitrogen and oxygen atoms in total. The summed E-state index contributed by atoms with van der Waals surface area (Å²) in [4.78, 5) is 11.7. The first-order chi connectivity index (χ1) is 10.7. The van der Waals surface area contributed by atoms with Crippen molar-refractivity contribution in [2.24, 2.45) is 0 Å². The van der Waals surface area contributed by atoms with Gasteiger partial charge in [0.25, 0.3) is 0 Å². The lowest BCUT2D eigenvalue weighted by atomic mass is 9.94. The molecule has 0 spiro atoms. The fraction of sp³-hybridized carbons (Fsp3) is 0.250. The van der Waals surface area contributed by atoms with Gasteiger partial charge in [0.1, 0.15) is 0 Å². The summed E-state index contributed by atoms with van der Waals surface area (Å²) in [5.41, 5.74) is 6.15. The molecule has 0 heterocycles. The average Bonchev–Trinajstić information content (AvgIpc) is 2.90. The van der Waals surface area contributed by atoms with Crippen LogP contribution in [0.25, 0.3) is 16.7 Å². The minimum absolute atomic E-state index is 0.443. The largest absolute Gasteiger partial charge is 0.478 e. The summed E-state index contributed by atoms with van der Waals surface area (Å²) in [6.07, 6.45) is 5.60. The third kappa shape index (κ3) is 2.57. The van der Waals surface area contributed by atoms with Gasteiger partial charge >= 0.3 is 5.97 Å². The average molecular weight is 292 g/mol. The molecule has 2 heteroatoms. The first-order valence-electron chi connectivity index (χ1n) is 7.86. The van der Waals surface area contributed by atoms with Crippen molar-refractivity contribution >= 4 is 11.5 Å². The predicted octanol–water partition coefficient (Wildman–Crippen LogP) is 4.92. The topological polar surface area (TPSA) is 37.3 Å². The molecule has 0 aliphatic heterocycles. The van der Waals surface area contributed by atoms with Crippen molar-refractivity contribution in [1.29, 1.82) is 0 Å². The summed E-state index contributed by atoms with van der Waals surface area (Å²) < 4.78 is 0. The number of carboxylic acids is 1. The number of carboxylic acid groups (broad SMARTS) is 1. The molecule has 1 N–H and O–H groups in total. The molecule has 0 amide bonds. The number of carbonyl (C=O) groups is 1. The zero-order valence-corrected chi connectivity index (χ0v) is 12.8. The quantitative estimate of drug-likeness (QED) is 0.535. The second-order valence-corrected chi connectivity index (χ2v) is 5.73. The van der Waals surface area contributed by atoms with Gasteiger partial charge in [0.15, 0.2) is 0 Å². The normalized spacial score (nSPS) is 12.9. The Balaban J connectivity index is 2.06. The Bertz CT molecular complexity index is 741. The van der Waals surface area contributed by atoms with Gasteiger partial charge in [-0.2, -0.15) is 0 Å². The van der Waals surface area contributed by atoms with Gasteiger partial charge < -0.3 is 5.11 Å². The van der Waals surface area contributed by atoms with Crippen LogP contribution in [0.15, 0.2) is 48.5 Å². The molecular weight excluding hydrogens is 272 g/mol. The van der Waals surface area contributed by atoms with Crippen molar-refractivity contribution in [2.75, 3.05) is 0 Å². The zero-order valence-electron chi connectivity index (χ0n) is 12.8. The first-order valence-corrected chi connectivity index (χ1v) is 7.86. The van der Waals surface area contributed by atoms with Gasteiger partial charge in [0.05, 0.1) is 5.57 Å². The van der Waals surface area contributed by atoms with Gasteiger partial charge in [0, 0.05) is 0 Å². The molecule has 0 bridgehead atoms. The number of allylic oxidation sites excluding steroid dienone is 1. The number of fused-ring (bicyclic) bond motifs is 3. The number of aliphatic carboxylic acids is 1. The van der Waals surface area contributed by atoms with Crippen LogP contribution in [0.2, 0.25) is 0 Å². The van der Waals surface area contributed by atoms with Gasteiger partial charge in [-0.15, -0.1) is 0 Å². The van der Waals surface area contributed by atoms with Crippen LogP contribution >= 0.6 is 0 Å². The smallest absolute Gasteiger partial charge is 0.335 e. The maximum Gasteiger partial charge on any atom is 0.335 e. The van der Waals surface area contributed by atoms with E-state index in [-0.39, 0.29) is 0 Å². The number of unbranched alkanes of at least 4 members (excludes halogenated alkanes) is 2. The summed E-state index contributed by atoms with van der Waals surface area (Å²) >= 11 is 0. The van der Waals surface area contributed by atoms with Gasteiger partial charge in [-0.1, -0.05) is 68.3 Å². The number of hydrogen-bond acceptors (Lipinski definition) is 1. The molecule has 1 aliphatic rings. The van der Waals surface area contributed by atoms with Crippen LogP contribution in [0.3, 0.4) is 0 Å². The number of benzene rings is 2. The van der Waals surface area contributed by atoms with Crippen molar-refractivity contribution in [3.63, 3.8) is 0 Å². The van der Waals surface area contributed by atoms with Gasteiger partial charge in [-0.3, -0.25) is 0 Å². The van der Waals surface area contributed by atoms with E-state index in [9.17, 15) is 9.90 Å². The third-order valence-electron chi connectivity index (χ3n) is 4.28. The predicted molar refractivity (Wildman–Crippen MR) is 89.8 cm³/mol. The van der Waals surface area contributed by atoms with Crippen molar-refractivity contribution in [3.8, 4) is 11.1 Å². The fourth-order valence-corrected chi connectivity index (χ4v) is 3.17. The van der Waals surface area contributed by atoms with Crippen LogP contribution in [0.1, 0.15) is 42.9 Å². The summed E-state index contributed by atoms with van der Waals surface area (Å²) in [7, 11) is 0. The lowest BCUT2D eigenvalue weighted by Gasteiger charge is -2.09. The van der Waals surface area contributed by atoms with Crippen LogP contribution in [0.5, 0.6) is 0 Å². The van der Waals surface area contributed by atoms with Crippen molar-refractivity contribution in [2.45, 2.75) is 32.6 Å². The molecular formula is C20H20O2. The van der Waals surface area contributed by atoms with Gasteiger partial charge in [-0.25, -0.2) is 4.79 Å². The van der Waals surface area contributed by atoms with E-state index in [1.54, 1.807) is 0 Å². The van der Waals surface area contributed by atoms with E-state index in [1.165, 1.54) is 16.7 Å². The second kappa shape index (κ2) is 6.18. The Kier molecular flexibility index (Phi) is 4.10. The SMILES string of the molecule is CCCCC=C(C(=O)O)c1cccc2c1Cc1ccccc1-2. The number of rotatable bonds is 5. The highest BCUT2D eigenvalue weighted by molar-refractivity contribution is 6.16. The standard InChI is InChI=1S/C20H20O2/c1-2-3-4-10-18(20(21)22)17-12-7-11-16-15-9-6-5-8-14(15)13-19(16)17/h5-12H,2-4,13H2,1H3,(H,21,22).